The number of nitrogens with zero attached hydrogens (tertiary/aromatic N) is 3. The number of anilines is 1. The highest BCUT2D eigenvalue weighted by molar-refractivity contribution is 14.1. The molecular weight excluding hydrogens is 482 g/mol. The number of hydrogen-bond donors (Lipinski definition) is 1. The normalized spacial score (nSPS) is 11.0. The van der Waals surface area contributed by atoms with Gasteiger partial charge in [-0.1, -0.05) is 35.0 Å². The van der Waals surface area contributed by atoms with Gasteiger partial charge in [-0.2, -0.15) is 0 Å². The highest BCUT2D eigenvalue weighted by Gasteiger charge is 2.13. The van der Waals surface area contributed by atoms with Gasteiger partial charge in [-0.25, -0.2) is 0 Å². The number of rotatable bonds is 4. The molecule has 0 aliphatic rings. The van der Waals surface area contributed by atoms with Crippen LogP contribution in [0.4, 0.5) is 5.69 Å². The van der Waals surface area contributed by atoms with Crippen molar-refractivity contribution in [3.8, 4) is 0 Å². The van der Waals surface area contributed by atoms with Crippen molar-refractivity contribution in [2.45, 2.75) is 12.1 Å². The molecule has 0 bridgehead atoms. The first-order valence-corrected chi connectivity index (χ1v) is 9.64. The van der Waals surface area contributed by atoms with E-state index in [0.717, 1.165) is 14.8 Å². The molecule has 9 heteroatoms. The van der Waals surface area contributed by atoms with Crippen molar-refractivity contribution in [2.75, 3.05) is 11.1 Å². The summed E-state index contributed by atoms with van der Waals surface area (Å²) in [5, 5.41) is 12.4. The minimum atomic E-state index is -0.116. The van der Waals surface area contributed by atoms with Crippen LogP contribution < -0.4 is 5.32 Å². The van der Waals surface area contributed by atoms with E-state index in [0.29, 0.717) is 20.8 Å². The summed E-state index contributed by atoms with van der Waals surface area (Å²) >= 11 is 15.6. The minimum absolute atomic E-state index is 0.116. The Morgan fingerprint density at radius 3 is 2.88 bits per heavy atom. The standard InChI is InChI=1S/C15H11Cl2IN4OS/c1-8-4-10(18)2-3-12(8)19-13(23)7-24-15-21-20-14-11(17)5-9(16)6-22(14)15/h2-6H,7H2,1H3,(H,19,23). The van der Waals surface area contributed by atoms with Gasteiger partial charge in [0.2, 0.25) is 5.91 Å². The highest BCUT2D eigenvalue weighted by Crippen LogP contribution is 2.25. The van der Waals surface area contributed by atoms with Crippen molar-refractivity contribution in [3.63, 3.8) is 0 Å². The smallest absolute Gasteiger partial charge is 0.234 e. The maximum Gasteiger partial charge on any atom is 0.234 e. The molecule has 1 aromatic carbocycles. The van der Waals surface area contributed by atoms with Gasteiger partial charge in [-0.05, 0) is 59.3 Å². The summed E-state index contributed by atoms with van der Waals surface area (Å²) in [7, 11) is 0. The third-order valence-corrected chi connectivity index (χ3v) is 5.29. The Morgan fingerprint density at radius 2 is 2.12 bits per heavy atom. The number of amides is 1. The fourth-order valence-corrected chi connectivity index (χ4v) is 3.95. The quantitative estimate of drug-likeness (QED) is 0.424. The molecule has 0 spiro atoms. The molecule has 0 aliphatic heterocycles. The topological polar surface area (TPSA) is 59.3 Å². The van der Waals surface area contributed by atoms with Gasteiger partial charge in [0.15, 0.2) is 10.8 Å². The third-order valence-electron chi connectivity index (χ3n) is 3.19. The molecule has 124 valence electrons. The zero-order valence-corrected chi connectivity index (χ0v) is 16.9. The third kappa shape index (κ3) is 3.96. The van der Waals surface area contributed by atoms with Gasteiger partial charge in [0.1, 0.15) is 0 Å². The maximum absolute atomic E-state index is 12.2. The van der Waals surface area contributed by atoms with Crippen LogP contribution >= 0.6 is 57.6 Å². The van der Waals surface area contributed by atoms with E-state index >= 15 is 0 Å². The lowest BCUT2D eigenvalue weighted by atomic mass is 10.2. The molecule has 0 saturated carbocycles. The minimum Gasteiger partial charge on any atom is -0.325 e. The van der Waals surface area contributed by atoms with Crippen LogP contribution in [-0.2, 0) is 4.79 Å². The van der Waals surface area contributed by atoms with Crippen LogP contribution in [0.2, 0.25) is 10.0 Å². The number of aryl methyl sites for hydroxylation is 1. The summed E-state index contributed by atoms with van der Waals surface area (Å²) in [5.74, 6) is 0.0882. The second-order valence-corrected chi connectivity index (χ2v) is 8.01. The molecule has 3 rings (SSSR count). The zero-order chi connectivity index (χ0) is 17.3. The van der Waals surface area contributed by atoms with Crippen LogP contribution in [0.1, 0.15) is 5.56 Å². The molecule has 3 aromatic rings. The molecule has 1 N–H and O–H groups in total. The van der Waals surface area contributed by atoms with Crippen LogP contribution in [0.15, 0.2) is 35.6 Å². The van der Waals surface area contributed by atoms with Crippen LogP contribution in [0.3, 0.4) is 0 Å². The monoisotopic (exact) mass is 492 g/mol. The number of benzene rings is 1. The van der Waals surface area contributed by atoms with Crippen molar-refractivity contribution in [1.29, 1.82) is 0 Å². The fraction of sp³-hybridized carbons (Fsp3) is 0.133. The number of carbonyl (C=O) groups excluding carboxylic acids is 1. The number of pyridine rings is 1. The Bertz CT molecular complexity index is 931. The molecule has 1 amide bonds. The maximum atomic E-state index is 12.2. The SMILES string of the molecule is Cc1cc(I)ccc1NC(=O)CSc1nnc2c(Cl)cc(Cl)cn12. The highest BCUT2D eigenvalue weighted by atomic mass is 127. The fourth-order valence-electron chi connectivity index (χ4n) is 2.08. The molecule has 2 heterocycles. The molecule has 0 unspecified atom stereocenters. The molecular formula is C15H11Cl2IN4OS. The van der Waals surface area contributed by atoms with E-state index in [1.807, 2.05) is 25.1 Å². The van der Waals surface area contributed by atoms with Crippen molar-refractivity contribution in [3.05, 3.63) is 49.6 Å². The van der Waals surface area contributed by atoms with E-state index in [-0.39, 0.29) is 11.7 Å². The molecule has 24 heavy (non-hydrogen) atoms. The first kappa shape index (κ1) is 17.8. The molecule has 5 nitrogen and oxygen atoms in total. The van der Waals surface area contributed by atoms with Crippen LogP contribution in [0.25, 0.3) is 5.65 Å². The van der Waals surface area contributed by atoms with E-state index < -0.39 is 0 Å². The van der Waals surface area contributed by atoms with Crippen LogP contribution in [0.5, 0.6) is 0 Å². The largest absolute Gasteiger partial charge is 0.325 e. The molecule has 0 fully saturated rings. The molecule has 0 atom stereocenters. The van der Waals surface area contributed by atoms with E-state index in [1.54, 1.807) is 16.7 Å². The lowest BCUT2D eigenvalue weighted by Crippen LogP contribution is -2.15. The number of halogens is 3. The molecule has 2 aromatic heterocycles. The Kier molecular flexibility index (Phi) is 5.53. The Balaban J connectivity index is 1.70. The Labute approximate surface area is 166 Å². The summed E-state index contributed by atoms with van der Waals surface area (Å²) in [5.41, 5.74) is 2.34. The van der Waals surface area contributed by atoms with Crippen molar-refractivity contribution >= 4 is 74.8 Å². The number of fused-ring (bicyclic) bond motifs is 1. The lowest BCUT2D eigenvalue weighted by molar-refractivity contribution is -0.113. The number of carbonyl (C=O) groups is 1. The lowest BCUT2D eigenvalue weighted by Gasteiger charge is -2.08. The Hall–Kier alpha value is -1.03. The van der Waals surface area contributed by atoms with Crippen LogP contribution in [0, 0.1) is 10.5 Å². The first-order valence-electron chi connectivity index (χ1n) is 6.82. The van der Waals surface area contributed by atoms with Crippen molar-refractivity contribution < 1.29 is 4.79 Å². The molecule has 0 saturated heterocycles. The predicted octanol–water partition coefficient (Wildman–Crippen LogP) is 4.68. The van der Waals surface area contributed by atoms with Crippen LogP contribution in [-0.4, -0.2) is 26.3 Å². The Morgan fingerprint density at radius 1 is 1.33 bits per heavy atom. The number of aromatic nitrogens is 3. The van der Waals surface area contributed by atoms with E-state index in [4.69, 9.17) is 23.2 Å². The molecule has 0 radical (unpaired) electrons. The summed E-state index contributed by atoms with van der Waals surface area (Å²) in [6, 6.07) is 7.46. The average Bonchev–Trinajstić information content (AvgIpc) is 2.91. The van der Waals surface area contributed by atoms with Crippen molar-refractivity contribution in [2.24, 2.45) is 0 Å². The van der Waals surface area contributed by atoms with Gasteiger partial charge < -0.3 is 5.32 Å². The average molecular weight is 493 g/mol. The number of nitrogens with one attached hydrogen (secondary N) is 1. The summed E-state index contributed by atoms with van der Waals surface area (Å²) in [6.45, 7) is 1.96. The summed E-state index contributed by atoms with van der Waals surface area (Å²) in [6.07, 6.45) is 1.67. The van der Waals surface area contributed by atoms with Gasteiger partial charge in [0.05, 0.1) is 15.8 Å². The van der Waals surface area contributed by atoms with Gasteiger partial charge in [-0.3, -0.25) is 9.20 Å². The number of hydrogen-bond acceptors (Lipinski definition) is 4. The zero-order valence-electron chi connectivity index (χ0n) is 12.4. The second-order valence-electron chi connectivity index (χ2n) is 4.98. The summed E-state index contributed by atoms with van der Waals surface area (Å²) < 4.78 is 2.81. The number of thioether (sulfide) groups is 1. The summed E-state index contributed by atoms with van der Waals surface area (Å²) in [4.78, 5) is 12.2. The predicted molar refractivity (Wildman–Crippen MR) is 106 cm³/mol. The van der Waals surface area contributed by atoms with Gasteiger partial charge in [0.25, 0.3) is 0 Å². The van der Waals surface area contributed by atoms with Gasteiger partial charge >= 0.3 is 0 Å². The second kappa shape index (κ2) is 7.47. The van der Waals surface area contributed by atoms with Gasteiger partial charge in [-0.15, -0.1) is 10.2 Å². The van der Waals surface area contributed by atoms with Crippen molar-refractivity contribution in [1.82, 2.24) is 14.6 Å². The van der Waals surface area contributed by atoms with E-state index in [9.17, 15) is 4.79 Å². The van der Waals surface area contributed by atoms with E-state index in [2.05, 4.69) is 38.1 Å². The van der Waals surface area contributed by atoms with E-state index in [1.165, 1.54) is 11.8 Å². The first-order chi connectivity index (χ1) is 11.4. The molecule has 0 aliphatic carbocycles. The van der Waals surface area contributed by atoms with Gasteiger partial charge in [0, 0.05) is 15.5 Å².